The summed E-state index contributed by atoms with van der Waals surface area (Å²) in [5.41, 5.74) is 0. The van der Waals surface area contributed by atoms with E-state index in [0.29, 0.717) is 39.6 Å². The molecule has 0 rings (SSSR count). The second-order valence-electron chi connectivity index (χ2n) is 8.02. The van der Waals surface area contributed by atoms with Crippen LogP contribution in [0.1, 0.15) is 58.3 Å². The SMILES string of the molecule is CCCCCCCCCCNCCOCCOCCOCCO[Si](C)(C)C. The maximum absolute atomic E-state index is 5.71. The van der Waals surface area contributed by atoms with Crippen molar-refractivity contribution >= 4 is 8.32 Å². The molecule has 0 aromatic carbocycles. The normalized spacial score (nSPS) is 12.0. The number of rotatable bonds is 22. The first-order chi connectivity index (χ1) is 13.1. The first-order valence-corrected chi connectivity index (χ1v) is 14.5. The van der Waals surface area contributed by atoms with Crippen molar-refractivity contribution in [3.05, 3.63) is 0 Å². The Balaban J connectivity index is 3.01. The van der Waals surface area contributed by atoms with Crippen LogP contribution in [0.25, 0.3) is 0 Å². The summed E-state index contributed by atoms with van der Waals surface area (Å²) in [6.45, 7) is 15.5. The van der Waals surface area contributed by atoms with Crippen molar-refractivity contribution in [2.24, 2.45) is 0 Å². The van der Waals surface area contributed by atoms with E-state index < -0.39 is 8.32 Å². The van der Waals surface area contributed by atoms with Gasteiger partial charge in [0.2, 0.25) is 0 Å². The predicted molar refractivity (Wildman–Crippen MR) is 117 cm³/mol. The van der Waals surface area contributed by atoms with Gasteiger partial charge in [-0.15, -0.1) is 0 Å². The molecule has 0 amide bonds. The van der Waals surface area contributed by atoms with Crippen molar-refractivity contribution in [1.29, 1.82) is 0 Å². The van der Waals surface area contributed by atoms with Gasteiger partial charge in [-0.3, -0.25) is 0 Å². The molecule has 0 aromatic heterocycles. The first kappa shape index (κ1) is 27.0. The Kier molecular flexibility index (Phi) is 20.8. The molecule has 6 heteroatoms. The molecule has 0 heterocycles. The fraction of sp³-hybridized carbons (Fsp3) is 1.00. The molecule has 5 nitrogen and oxygen atoms in total. The number of hydrogen-bond donors (Lipinski definition) is 1. The highest BCUT2D eigenvalue weighted by Gasteiger charge is 2.12. The Bertz CT molecular complexity index is 288. The van der Waals surface area contributed by atoms with Gasteiger partial charge in [0, 0.05) is 6.54 Å². The van der Waals surface area contributed by atoms with Crippen molar-refractivity contribution in [2.75, 3.05) is 59.3 Å². The lowest BCUT2D eigenvalue weighted by atomic mass is 10.1. The van der Waals surface area contributed by atoms with Gasteiger partial charge in [-0.2, -0.15) is 0 Å². The van der Waals surface area contributed by atoms with E-state index in [1.165, 1.54) is 51.4 Å². The molecule has 0 aromatic rings. The number of unbranched alkanes of at least 4 members (excludes halogenated alkanes) is 7. The maximum Gasteiger partial charge on any atom is 0.183 e. The predicted octanol–water partition coefficient (Wildman–Crippen LogP) is 4.62. The first-order valence-electron chi connectivity index (χ1n) is 11.1. The van der Waals surface area contributed by atoms with E-state index in [1.54, 1.807) is 0 Å². The van der Waals surface area contributed by atoms with Gasteiger partial charge < -0.3 is 24.0 Å². The van der Waals surface area contributed by atoms with Gasteiger partial charge in [0.15, 0.2) is 8.32 Å². The zero-order chi connectivity index (χ0) is 20.1. The highest BCUT2D eigenvalue weighted by atomic mass is 28.4. The van der Waals surface area contributed by atoms with Crippen LogP contribution >= 0.6 is 0 Å². The van der Waals surface area contributed by atoms with Crippen LogP contribution < -0.4 is 5.32 Å². The average molecular weight is 406 g/mol. The third kappa shape index (κ3) is 26.0. The number of nitrogens with one attached hydrogen (secondary N) is 1. The zero-order valence-corrected chi connectivity index (χ0v) is 19.7. The van der Waals surface area contributed by atoms with Crippen LogP contribution in [0, 0.1) is 0 Å². The van der Waals surface area contributed by atoms with E-state index in [-0.39, 0.29) is 0 Å². The number of ether oxygens (including phenoxy) is 3. The molecule has 0 aliphatic heterocycles. The molecule has 0 spiro atoms. The third-order valence-electron chi connectivity index (χ3n) is 4.14. The summed E-state index contributed by atoms with van der Waals surface area (Å²) < 4.78 is 22.2. The maximum atomic E-state index is 5.71. The molecular formula is C21H47NO4Si. The van der Waals surface area contributed by atoms with Crippen molar-refractivity contribution in [2.45, 2.75) is 77.9 Å². The van der Waals surface area contributed by atoms with Crippen LogP contribution in [0.15, 0.2) is 0 Å². The van der Waals surface area contributed by atoms with Crippen molar-refractivity contribution < 1.29 is 18.6 Å². The lowest BCUT2D eigenvalue weighted by Crippen LogP contribution is -2.27. The van der Waals surface area contributed by atoms with E-state index >= 15 is 0 Å². The Morgan fingerprint density at radius 3 is 1.59 bits per heavy atom. The fourth-order valence-corrected chi connectivity index (χ4v) is 3.30. The molecule has 0 saturated carbocycles. The van der Waals surface area contributed by atoms with Gasteiger partial charge in [-0.1, -0.05) is 51.9 Å². The minimum absolute atomic E-state index is 0.618. The standard InChI is InChI=1S/C21H47NO4Si/c1-5-6-7-8-9-10-11-12-13-22-14-15-23-16-17-24-18-19-25-20-21-26-27(2,3)4/h22H,5-21H2,1-4H3. The van der Waals surface area contributed by atoms with Crippen LogP contribution in [0.3, 0.4) is 0 Å². The van der Waals surface area contributed by atoms with E-state index in [1.807, 2.05) is 0 Å². The van der Waals surface area contributed by atoms with Crippen molar-refractivity contribution in [3.8, 4) is 0 Å². The molecule has 164 valence electrons. The summed E-state index contributed by atoms with van der Waals surface area (Å²) in [5.74, 6) is 0. The van der Waals surface area contributed by atoms with E-state index in [4.69, 9.17) is 18.6 Å². The Morgan fingerprint density at radius 2 is 1.04 bits per heavy atom. The molecule has 0 aliphatic rings. The molecular weight excluding hydrogens is 358 g/mol. The van der Waals surface area contributed by atoms with Gasteiger partial charge in [0.25, 0.3) is 0 Å². The van der Waals surface area contributed by atoms with E-state index in [2.05, 4.69) is 31.9 Å². The summed E-state index contributed by atoms with van der Waals surface area (Å²) in [6.07, 6.45) is 11.0. The second kappa shape index (κ2) is 20.7. The Labute approximate surface area is 170 Å². The van der Waals surface area contributed by atoms with Gasteiger partial charge in [-0.05, 0) is 32.6 Å². The lowest BCUT2D eigenvalue weighted by Gasteiger charge is -2.16. The molecule has 0 unspecified atom stereocenters. The smallest absolute Gasteiger partial charge is 0.183 e. The average Bonchev–Trinajstić information content (AvgIpc) is 2.62. The fourth-order valence-electron chi connectivity index (χ4n) is 2.60. The molecule has 0 radical (unpaired) electrons. The van der Waals surface area contributed by atoms with Gasteiger partial charge in [0.05, 0.1) is 46.2 Å². The molecule has 1 N–H and O–H groups in total. The monoisotopic (exact) mass is 405 g/mol. The quantitative estimate of drug-likeness (QED) is 0.210. The highest BCUT2D eigenvalue weighted by molar-refractivity contribution is 6.69. The molecule has 0 saturated heterocycles. The molecule has 0 atom stereocenters. The minimum Gasteiger partial charge on any atom is -0.415 e. The van der Waals surface area contributed by atoms with Crippen LogP contribution in [0.2, 0.25) is 19.6 Å². The van der Waals surface area contributed by atoms with Crippen LogP contribution in [0.4, 0.5) is 0 Å². The van der Waals surface area contributed by atoms with Crippen LogP contribution in [-0.4, -0.2) is 67.7 Å². The largest absolute Gasteiger partial charge is 0.415 e. The molecule has 27 heavy (non-hydrogen) atoms. The lowest BCUT2D eigenvalue weighted by molar-refractivity contribution is 0.00940. The third-order valence-corrected chi connectivity index (χ3v) is 5.21. The summed E-state index contributed by atoms with van der Waals surface area (Å²) in [5, 5.41) is 3.44. The summed E-state index contributed by atoms with van der Waals surface area (Å²) in [6, 6.07) is 0. The highest BCUT2D eigenvalue weighted by Crippen LogP contribution is 2.07. The van der Waals surface area contributed by atoms with Crippen LogP contribution in [0.5, 0.6) is 0 Å². The molecule has 0 fully saturated rings. The van der Waals surface area contributed by atoms with E-state index in [0.717, 1.165) is 19.7 Å². The van der Waals surface area contributed by atoms with E-state index in [9.17, 15) is 0 Å². The molecule has 0 aliphatic carbocycles. The summed E-state index contributed by atoms with van der Waals surface area (Å²) in [7, 11) is -1.41. The number of hydrogen-bond acceptors (Lipinski definition) is 5. The minimum atomic E-state index is -1.41. The van der Waals surface area contributed by atoms with Crippen molar-refractivity contribution in [1.82, 2.24) is 5.32 Å². The Morgan fingerprint density at radius 1 is 0.556 bits per heavy atom. The Hall–Kier alpha value is 0.0169. The second-order valence-corrected chi connectivity index (χ2v) is 12.5. The summed E-state index contributed by atoms with van der Waals surface area (Å²) >= 11 is 0. The zero-order valence-electron chi connectivity index (χ0n) is 18.7. The van der Waals surface area contributed by atoms with Gasteiger partial charge in [-0.25, -0.2) is 0 Å². The van der Waals surface area contributed by atoms with Gasteiger partial charge >= 0.3 is 0 Å². The van der Waals surface area contributed by atoms with Gasteiger partial charge in [0.1, 0.15) is 0 Å². The summed E-state index contributed by atoms with van der Waals surface area (Å²) in [4.78, 5) is 0. The van der Waals surface area contributed by atoms with Crippen LogP contribution in [-0.2, 0) is 18.6 Å². The molecule has 0 bridgehead atoms. The topological polar surface area (TPSA) is 49.0 Å². The van der Waals surface area contributed by atoms with Crippen molar-refractivity contribution in [3.63, 3.8) is 0 Å².